The van der Waals surface area contributed by atoms with Gasteiger partial charge in [0.05, 0.1) is 0 Å². The molecule has 0 rings (SSSR count). The van der Waals surface area contributed by atoms with Crippen molar-refractivity contribution in [2.24, 2.45) is 0 Å². The summed E-state index contributed by atoms with van der Waals surface area (Å²) in [7, 11) is -4.64. The van der Waals surface area contributed by atoms with E-state index in [2.05, 4.69) is 0 Å². The monoisotopic (exact) mass is 238 g/mol. The molecule has 0 bridgehead atoms. The van der Waals surface area contributed by atoms with Crippen molar-refractivity contribution in [1.82, 2.24) is 0 Å². The van der Waals surface area contributed by atoms with E-state index in [9.17, 15) is 0 Å². The summed E-state index contributed by atoms with van der Waals surface area (Å²) in [6.07, 6.45) is 0. The number of hydrogen-bond donors (Lipinski definition) is 3. The molecule has 7 heavy (non-hydrogen) atoms. The molecule has 0 saturated heterocycles. The van der Waals surface area contributed by atoms with Crippen LogP contribution in [0.5, 0.6) is 0 Å². The summed E-state index contributed by atoms with van der Waals surface area (Å²) in [6, 6.07) is 0. The van der Waals surface area contributed by atoms with Gasteiger partial charge in [-0.3, -0.25) is 0 Å². The Kier molecular flexibility index (Phi) is 11.2. The molecule has 0 aliphatic carbocycles. The second kappa shape index (κ2) is 5.01. The molecule has 46 valence electrons. The van der Waals surface area contributed by atoms with Crippen molar-refractivity contribution in [2.75, 3.05) is 0 Å². The molecular formula is H7O5PSn. The zero-order valence-electron chi connectivity index (χ0n) is 3.40. The molecule has 0 atom stereocenters. The quantitative estimate of drug-likeness (QED) is 0.315. The average molecular weight is 237 g/mol. The molecule has 0 amide bonds. The van der Waals surface area contributed by atoms with Crippen LogP contribution in [0.3, 0.4) is 0 Å². The summed E-state index contributed by atoms with van der Waals surface area (Å²) in [5, 5.41) is 0. The second-order valence-electron chi connectivity index (χ2n) is 0.513. The summed E-state index contributed by atoms with van der Waals surface area (Å²) in [6.45, 7) is 0. The number of rotatable bonds is 0. The molecule has 0 saturated carbocycles. The van der Waals surface area contributed by atoms with Crippen LogP contribution < -0.4 is 0 Å². The first-order valence-corrected chi connectivity index (χ1v) is 2.35. The first-order valence-electron chi connectivity index (χ1n) is 0.783. The van der Waals surface area contributed by atoms with Crippen molar-refractivity contribution in [3.05, 3.63) is 0 Å². The van der Waals surface area contributed by atoms with E-state index in [4.69, 9.17) is 19.2 Å². The van der Waals surface area contributed by atoms with Crippen molar-refractivity contribution in [2.45, 2.75) is 0 Å². The Morgan fingerprint density at radius 1 is 1.14 bits per heavy atom. The molecule has 0 aliphatic rings. The van der Waals surface area contributed by atoms with E-state index in [0.29, 0.717) is 0 Å². The van der Waals surface area contributed by atoms with Crippen LogP contribution in [0.4, 0.5) is 0 Å². The van der Waals surface area contributed by atoms with Crippen molar-refractivity contribution in [3.63, 3.8) is 0 Å². The van der Waals surface area contributed by atoms with Gasteiger partial charge < -0.3 is 20.2 Å². The summed E-state index contributed by atoms with van der Waals surface area (Å²) < 4.78 is 8.88. The molecule has 0 spiro atoms. The molecule has 2 radical (unpaired) electrons. The molecule has 0 fully saturated rings. The molecule has 0 aliphatic heterocycles. The van der Waals surface area contributed by atoms with Gasteiger partial charge in [0.1, 0.15) is 0 Å². The Hall–Kier alpha value is 0.869. The van der Waals surface area contributed by atoms with Gasteiger partial charge in [0, 0.05) is 0 Å². The third-order valence-corrected chi connectivity index (χ3v) is 0. The van der Waals surface area contributed by atoms with Crippen LogP contribution in [0, 0.1) is 0 Å². The molecule has 0 unspecified atom stereocenters. The summed E-state index contributed by atoms with van der Waals surface area (Å²) in [4.78, 5) is 21.6. The van der Waals surface area contributed by atoms with Gasteiger partial charge in [0.15, 0.2) is 0 Å². The second-order valence-corrected chi connectivity index (χ2v) is 1.54. The Labute approximate surface area is 56.9 Å². The first-order chi connectivity index (χ1) is 2.00. The molecule has 0 aromatic carbocycles. The van der Waals surface area contributed by atoms with Gasteiger partial charge in [0.2, 0.25) is 0 Å². The van der Waals surface area contributed by atoms with Gasteiger partial charge in [-0.15, -0.1) is 0 Å². The fourth-order valence-electron chi connectivity index (χ4n) is 0. The van der Waals surface area contributed by atoms with Gasteiger partial charge >= 0.3 is 31.7 Å². The summed E-state index contributed by atoms with van der Waals surface area (Å²) in [5.74, 6) is 0. The fourth-order valence-corrected chi connectivity index (χ4v) is 0. The van der Waals surface area contributed by atoms with Crippen molar-refractivity contribution in [3.8, 4) is 0 Å². The molecule has 0 heterocycles. The first kappa shape index (κ1) is 15.7. The van der Waals surface area contributed by atoms with Crippen molar-refractivity contribution >= 4 is 31.7 Å². The Morgan fingerprint density at radius 3 is 1.14 bits per heavy atom. The Balaban J connectivity index is -0.0000000800. The molecular weight excluding hydrogens is 230 g/mol. The third kappa shape index (κ3) is 216. The van der Waals surface area contributed by atoms with Crippen LogP contribution in [-0.2, 0) is 4.57 Å². The standard InChI is InChI=1S/H3O4P.H2O.Sn.2H/c1-5(2,3)4;;;;/h(H3,1,2,3,4);1H2;;;. The maximum atomic E-state index is 8.88. The van der Waals surface area contributed by atoms with Crippen LogP contribution in [0.15, 0.2) is 0 Å². The zero-order valence-corrected chi connectivity index (χ0v) is 8.33. The van der Waals surface area contributed by atoms with Crippen LogP contribution in [0.2, 0.25) is 0 Å². The Morgan fingerprint density at radius 2 is 1.14 bits per heavy atom. The van der Waals surface area contributed by atoms with Gasteiger partial charge in [-0.25, -0.2) is 4.57 Å². The molecule has 0 aromatic heterocycles. The van der Waals surface area contributed by atoms with E-state index in [-0.39, 0.29) is 29.4 Å². The maximum absolute atomic E-state index is 8.88. The van der Waals surface area contributed by atoms with E-state index in [1.54, 1.807) is 0 Å². The predicted octanol–water partition coefficient (Wildman–Crippen LogP) is -2.67. The van der Waals surface area contributed by atoms with E-state index in [1.165, 1.54) is 0 Å². The predicted molar refractivity (Wildman–Crippen MR) is 26.4 cm³/mol. The van der Waals surface area contributed by atoms with Gasteiger partial charge in [-0.2, -0.15) is 0 Å². The zero-order chi connectivity index (χ0) is 4.50. The van der Waals surface area contributed by atoms with E-state index >= 15 is 0 Å². The third-order valence-electron chi connectivity index (χ3n) is 0. The van der Waals surface area contributed by atoms with Gasteiger partial charge in [-0.05, 0) is 0 Å². The molecule has 0 aromatic rings. The van der Waals surface area contributed by atoms with Gasteiger partial charge in [0.25, 0.3) is 0 Å². The van der Waals surface area contributed by atoms with Crippen LogP contribution in [0.25, 0.3) is 0 Å². The molecule has 5 N–H and O–H groups in total. The minimum absolute atomic E-state index is 0. The topological polar surface area (TPSA) is 109 Å². The molecule has 5 nitrogen and oxygen atoms in total. The minimum atomic E-state index is -4.64. The summed E-state index contributed by atoms with van der Waals surface area (Å²) >= 11 is 0. The van der Waals surface area contributed by atoms with Gasteiger partial charge in [-0.1, -0.05) is 0 Å². The molecule has 7 heteroatoms. The average Bonchev–Trinajstić information content (AvgIpc) is 0.722. The van der Waals surface area contributed by atoms with Crippen LogP contribution in [0.1, 0.15) is 0 Å². The summed E-state index contributed by atoms with van der Waals surface area (Å²) in [5.41, 5.74) is 0. The van der Waals surface area contributed by atoms with E-state index in [0.717, 1.165) is 0 Å². The SMILES string of the molecule is O.O=P(O)(O)O.[SnH2]. The Bertz CT molecular complexity index is 54.2. The van der Waals surface area contributed by atoms with Crippen LogP contribution >= 0.6 is 7.82 Å². The fraction of sp³-hybridized carbons (Fsp3) is 0. The van der Waals surface area contributed by atoms with Crippen molar-refractivity contribution in [1.29, 1.82) is 0 Å². The normalized spacial score (nSPS) is 8.43. The van der Waals surface area contributed by atoms with E-state index < -0.39 is 7.82 Å². The van der Waals surface area contributed by atoms with Crippen molar-refractivity contribution < 1.29 is 24.7 Å². The number of phosphoric acid groups is 1. The van der Waals surface area contributed by atoms with E-state index in [1.807, 2.05) is 0 Å². The van der Waals surface area contributed by atoms with Crippen LogP contribution in [-0.4, -0.2) is 44.1 Å². The number of hydrogen-bond acceptors (Lipinski definition) is 1.